The van der Waals surface area contributed by atoms with Crippen molar-refractivity contribution in [3.05, 3.63) is 0 Å². The fraction of sp³-hybridized carbons (Fsp3) is 1.00. The minimum absolute atomic E-state index is 0.755. The van der Waals surface area contributed by atoms with Gasteiger partial charge in [0.05, 0.1) is 6.17 Å². The van der Waals surface area contributed by atoms with E-state index < -0.39 is 0 Å². The highest BCUT2D eigenvalue weighted by atomic mass is 32.2. The first kappa shape index (κ1) is 6.01. The van der Waals surface area contributed by atoms with Crippen molar-refractivity contribution in [3.8, 4) is 0 Å². The number of thioether (sulfide) groups is 1. The quantitative estimate of drug-likeness (QED) is 0.523. The lowest BCUT2D eigenvalue weighted by atomic mass is 10.5. The van der Waals surface area contributed by atoms with Crippen LogP contribution in [0.25, 0.3) is 0 Å². The zero-order valence-corrected chi connectivity index (χ0v) is 6.28. The van der Waals surface area contributed by atoms with Gasteiger partial charge in [-0.2, -0.15) is 11.8 Å². The van der Waals surface area contributed by atoms with E-state index in [1.54, 1.807) is 0 Å². The lowest BCUT2D eigenvalue weighted by Crippen LogP contribution is -2.36. The summed E-state index contributed by atoms with van der Waals surface area (Å²) in [6.07, 6.45) is 0.755. The summed E-state index contributed by atoms with van der Waals surface area (Å²) < 4.78 is 0. The van der Waals surface area contributed by atoms with Crippen LogP contribution in [0.15, 0.2) is 0 Å². The van der Waals surface area contributed by atoms with E-state index in [1.165, 1.54) is 31.1 Å². The third kappa shape index (κ3) is 1.39. The lowest BCUT2D eigenvalue weighted by Gasteiger charge is -2.24. The number of nitrogens with one attached hydrogen (secondary N) is 1. The Morgan fingerprint density at radius 3 is 2.56 bits per heavy atom. The molecule has 0 aliphatic carbocycles. The third-order valence-electron chi connectivity index (χ3n) is 1.87. The Morgan fingerprint density at radius 1 is 1.33 bits per heavy atom. The Bertz CT molecular complexity index is 97.2. The van der Waals surface area contributed by atoms with Crippen molar-refractivity contribution in [2.75, 3.05) is 31.1 Å². The fourth-order valence-electron chi connectivity index (χ4n) is 1.20. The van der Waals surface area contributed by atoms with Crippen molar-refractivity contribution in [1.82, 2.24) is 10.2 Å². The van der Waals surface area contributed by atoms with Crippen LogP contribution in [0.2, 0.25) is 0 Å². The second kappa shape index (κ2) is 2.48. The van der Waals surface area contributed by atoms with E-state index in [9.17, 15) is 0 Å². The molecule has 0 saturated carbocycles. The molecule has 2 rings (SSSR count). The molecule has 2 aliphatic rings. The Labute approximate surface area is 60.0 Å². The second-order valence-electron chi connectivity index (χ2n) is 2.57. The van der Waals surface area contributed by atoms with Crippen molar-refractivity contribution >= 4 is 11.8 Å². The molecule has 0 aromatic carbocycles. The smallest absolute Gasteiger partial charge is 0.0727 e. The maximum Gasteiger partial charge on any atom is 0.0727 e. The Kier molecular flexibility index (Phi) is 1.66. The van der Waals surface area contributed by atoms with E-state index in [0.717, 1.165) is 6.17 Å². The standard InChI is InChI=1S/C6H12N2S/c1-3-9-4-2-8(1)6-5-7-6/h6-7H,1-5H2. The summed E-state index contributed by atoms with van der Waals surface area (Å²) in [7, 11) is 0. The molecule has 9 heavy (non-hydrogen) atoms. The number of hydrogen-bond acceptors (Lipinski definition) is 3. The molecule has 0 radical (unpaired) electrons. The molecule has 0 amide bonds. The predicted molar refractivity (Wildman–Crippen MR) is 40.7 cm³/mol. The van der Waals surface area contributed by atoms with Gasteiger partial charge in [-0.05, 0) is 0 Å². The number of hydrogen-bond donors (Lipinski definition) is 1. The highest BCUT2D eigenvalue weighted by Crippen LogP contribution is 2.14. The molecule has 0 aromatic heterocycles. The normalized spacial score (nSPS) is 36.7. The van der Waals surface area contributed by atoms with Crippen LogP contribution in [0.3, 0.4) is 0 Å². The number of rotatable bonds is 1. The highest BCUT2D eigenvalue weighted by Gasteiger charge is 2.28. The average molecular weight is 144 g/mol. The Morgan fingerprint density at radius 2 is 2.00 bits per heavy atom. The monoisotopic (exact) mass is 144 g/mol. The van der Waals surface area contributed by atoms with Gasteiger partial charge in [0.15, 0.2) is 0 Å². The summed E-state index contributed by atoms with van der Waals surface area (Å²) >= 11 is 2.07. The van der Waals surface area contributed by atoms with Crippen molar-refractivity contribution in [3.63, 3.8) is 0 Å². The first-order chi connectivity index (χ1) is 4.47. The molecule has 2 aliphatic heterocycles. The van der Waals surface area contributed by atoms with Crippen molar-refractivity contribution < 1.29 is 0 Å². The van der Waals surface area contributed by atoms with Crippen LogP contribution in [0, 0.1) is 0 Å². The van der Waals surface area contributed by atoms with E-state index in [-0.39, 0.29) is 0 Å². The molecule has 52 valence electrons. The molecule has 2 saturated heterocycles. The van der Waals surface area contributed by atoms with Gasteiger partial charge in [-0.1, -0.05) is 0 Å². The Hall–Kier alpha value is 0.270. The van der Waals surface area contributed by atoms with Crippen LogP contribution in [0.4, 0.5) is 0 Å². The van der Waals surface area contributed by atoms with Gasteiger partial charge in [-0.3, -0.25) is 10.2 Å². The van der Waals surface area contributed by atoms with Crippen LogP contribution in [-0.4, -0.2) is 42.2 Å². The van der Waals surface area contributed by atoms with Gasteiger partial charge in [0, 0.05) is 31.1 Å². The van der Waals surface area contributed by atoms with Gasteiger partial charge in [-0.25, -0.2) is 0 Å². The average Bonchev–Trinajstić information content (AvgIpc) is 2.71. The minimum atomic E-state index is 0.755. The highest BCUT2D eigenvalue weighted by molar-refractivity contribution is 7.99. The van der Waals surface area contributed by atoms with Crippen LogP contribution >= 0.6 is 11.8 Å². The van der Waals surface area contributed by atoms with Crippen LogP contribution < -0.4 is 5.32 Å². The lowest BCUT2D eigenvalue weighted by molar-refractivity contribution is 0.289. The molecule has 1 unspecified atom stereocenters. The molecule has 0 aromatic rings. The summed E-state index contributed by atoms with van der Waals surface area (Å²) in [5.74, 6) is 2.66. The Balaban J connectivity index is 1.80. The molecule has 2 heterocycles. The zero-order valence-electron chi connectivity index (χ0n) is 5.47. The summed E-state index contributed by atoms with van der Waals surface area (Å²) in [4.78, 5) is 2.54. The largest absolute Gasteiger partial charge is 0.298 e. The molecular formula is C6H12N2S. The third-order valence-corrected chi connectivity index (χ3v) is 2.82. The van der Waals surface area contributed by atoms with Gasteiger partial charge in [0.1, 0.15) is 0 Å². The summed E-state index contributed by atoms with van der Waals surface area (Å²) in [5, 5.41) is 3.32. The van der Waals surface area contributed by atoms with Gasteiger partial charge in [0.25, 0.3) is 0 Å². The van der Waals surface area contributed by atoms with Crippen LogP contribution in [-0.2, 0) is 0 Å². The van der Waals surface area contributed by atoms with Crippen molar-refractivity contribution in [2.45, 2.75) is 6.17 Å². The molecule has 1 N–H and O–H groups in total. The molecule has 0 spiro atoms. The van der Waals surface area contributed by atoms with E-state index in [1.807, 2.05) is 0 Å². The van der Waals surface area contributed by atoms with E-state index in [4.69, 9.17) is 0 Å². The SMILES string of the molecule is C1CN(C2CN2)CCS1. The fourth-order valence-corrected chi connectivity index (χ4v) is 2.13. The first-order valence-corrected chi connectivity index (χ1v) is 4.67. The molecule has 1 atom stereocenters. The van der Waals surface area contributed by atoms with E-state index in [0.29, 0.717) is 0 Å². The van der Waals surface area contributed by atoms with Gasteiger partial charge < -0.3 is 0 Å². The predicted octanol–water partition coefficient (Wildman–Crippen LogP) is -0.0355. The zero-order chi connectivity index (χ0) is 6.10. The number of nitrogens with zero attached hydrogens (tertiary/aromatic N) is 1. The van der Waals surface area contributed by atoms with E-state index >= 15 is 0 Å². The van der Waals surface area contributed by atoms with Gasteiger partial charge in [-0.15, -0.1) is 0 Å². The molecule has 3 heteroatoms. The topological polar surface area (TPSA) is 25.2 Å². The van der Waals surface area contributed by atoms with Crippen LogP contribution in [0.5, 0.6) is 0 Å². The molecule has 2 nitrogen and oxygen atoms in total. The van der Waals surface area contributed by atoms with Gasteiger partial charge >= 0.3 is 0 Å². The summed E-state index contributed by atoms with van der Waals surface area (Å²) in [6.45, 7) is 3.81. The van der Waals surface area contributed by atoms with Crippen molar-refractivity contribution in [1.29, 1.82) is 0 Å². The molecular weight excluding hydrogens is 132 g/mol. The first-order valence-electron chi connectivity index (χ1n) is 3.52. The van der Waals surface area contributed by atoms with Gasteiger partial charge in [0.2, 0.25) is 0 Å². The van der Waals surface area contributed by atoms with Crippen molar-refractivity contribution in [2.24, 2.45) is 0 Å². The van der Waals surface area contributed by atoms with Crippen LogP contribution in [0.1, 0.15) is 0 Å². The molecule has 2 fully saturated rings. The maximum absolute atomic E-state index is 3.32. The van der Waals surface area contributed by atoms with E-state index in [2.05, 4.69) is 22.0 Å². The summed E-state index contributed by atoms with van der Waals surface area (Å²) in [6, 6.07) is 0. The maximum atomic E-state index is 3.32. The minimum Gasteiger partial charge on any atom is -0.298 e. The second-order valence-corrected chi connectivity index (χ2v) is 3.80. The summed E-state index contributed by atoms with van der Waals surface area (Å²) in [5.41, 5.74) is 0. The molecule has 0 bridgehead atoms.